The molecule has 1 heterocycles. The van der Waals surface area contributed by atoms with Gasteiger partial charge >= 0.3 is 5.97 Å². The van der Waals surface area contributed by atoms with Gasteiger partial charge in [0.05, 0.1) is 0 Å². The predicted octanol–water partition coefficient (Wildman–Crippen LogP) is 3.31. The van der Waals surface area contributed by atoms with Crippen molar-refractivity contribution in [3.8, 4) is 0 Å². The Morgan fingerprint density at radius 2 is 1.96 bits per heavy atom. The third kappa shape index (κ3) is 4.63. The minimum absolute atomic E-state index is 0.281. The molecule has 0 unspecified atom stereocenters. The zero-order chi connectivity index (χ0) is 18.5. The summed E-state index contributed by atoms with van der Waals surface area (Å²) < 4.78 is 7.33. The molecule has 0 radical (unpaired) electrons. The second kappa shape index (κ2) is 8.04. The summed E-state index contributed by atoms with van der Waals surface area (Å²) in [4.78, 5) is 23.6. The number of carbonyl (C=O) groups is 2. The van der Waals surface area contributed by atoms with Crippen LogP contribution in [0.2, 0.25) is 0 Å². The average molecular weight is 352 g/mol. The average Bonchev–Trinajstić information content (AvgIpc) is 3.43. The highest BCUT2D eigenvalue weighted by molar-refractivity contribution is 5.89. The van der Waals surface area contributed by atoms with Crippen LogP contribution in [0.1, 0.15) is 41.4 Å². The van der Waals surface area contributed by atoms with Crippen LogP contribution in [0.25, 0.3) is 6.08 Å². The molecular weight excluding hydrogens is 328 g/mol. The van der Waals surface area contributed by atoms with Gasteiger partial charge in [-0.2, -0.15) is 0 Å². The molecule has 0 aliphatic heterocycles. The minimum Gasteiger partial charge on any atom is -0.452 e. The number of nitrogens with zero attached hydrogens (tertiary/aromatic N) is 1. The number of nitrogens with one attached hydrogen (secondary N) is 1. The molecule has 1 aliphatic carbocycles. The van der Waals surface area contributed by atoms with Crippen LogP contribution in [0, 0.1) is 13.8 Å². The van der Waals surface area contributed by atoms with Gasteiger partial charge in [-0.15, -0.1) is 0 Å². The van der Waals surface area contributed by atoms with E-state index >= 15 is 0 Å². The van der Waals surface area contributed by atoms with Crippen molar-refractivity contribution in [1.29, 1.82) is 0 Å². The van der Waals surface area contributed by atoms with E-state index in [2.05, 4.69) is 29.8 Å². The Morgan fingerprint density at radius 3 is 2.65 bits per heavy atom. The van der Waals surface area contributed by atoms with E-state index in [4.69, 9.17) is 4.74 Å². The summed E-state index contributed by atoms with van der Waals surface area (Å²) in [7, 11) is 0. The monoisotopic (exact) mass is 352 g/mol. The van der Waals surface area contributed by atoms with E-state index in [1.54, 1.807) is 6.08 Å². The highest BCUT2D eigenvalue weighted by Crippen LogP contribution is 2.38. The van der Waals surface area contributed by atoms with Gasteiger partial charge in [0.15, 0.2) is 6.61 Å². The van der Waals surface area contributed by atoms with Crippen molar-refractivity contribution in [2.75, 3.05) is 6.61 Å². The maximum absolute atomic E-state index is 11.8. The standard InChI is InChI=1S/C21H24N2O3/c1-15-12-18(16(2)23(15)19-9-10-19)8-11-21(25)26-14-20(24)22-13-17-6-4-3-5-7-17/h3-8,11-12,19H,9-10,13-14H2,1-2H3,(H,22,24)/b11-8+. The Balaban J connectivity index is 1.46. The number of ether oxygens (including phenoxy) is 1. The summed E-state index contributed by atoms with van der Waals surface area (Å²) >= 11 is 0. The lowest BCUT2D eigenvalue weighted by molar-refractivity contribution is -0.143. The molecule has 1 aromatic carbocycles. The molecule has 0 spiro atoms. The fourth-order valence-electron chi connectivity index (χ4n) is 3.06. The summed E-state index contributed by atoms with van der Waals surface area (Å²) in [6.07, 6.45) is 5.58. The van der Waals surface area contributed by atoms with Gasteiger partial charge in [-0.25, -0.2) is 4.79 Å². The molecule has 0 bridgehead atoms. The Bertz CT molecular complexity index is 817. The van der Waals surface area contributed by atoms with Crippen LogP contribution in [0.5, 0.6) is 0 Å². The van der Waals surface area contributed by atoms with Crippen molar-refractivity contribution >= 4 is 18.0 Å². The van der Waals surface area contributed by atoms with Gasteiger partial charge in [0.25, 0.3) is 5.91 Å². The molecule has 3 rings (SSSR count). The first-order valence-corrected chi connectivity index (χ1v) is 8.88. The summed E-state index contributed by atoms with van der Waals surface area (Å²) in [5, 5.41) is 2.72. The number of carbonyl (C=O) groups excluding carboxylic acids is 2. The smallest absolute Gasteiger partial charge is 0.331 e. The highest BCUT2D eigenvalue weighted by Gasteiger charge is 2.26. The van der Waals surface area contributed by atoms with Gasteiger partial charge in [-0.05, 0) is 50.0 Å². The third-order valence-electron chi connectivity index (χ3n) is 4.51. The first kappa shape index (κ1) is 18.0. The van der Waals surface area contributed by atoms with E-state index in [1.807, 2.05) is 30.3 Å². The number of benzene rings is 1. The first-order chi connectivity index (χ1) is 12.5. The van der Waals surface area contributed by atoms with Crippen molar-refractivity contribution < 1.29 is 14.3 Å². The molecule has 1 saturated carbocycles. The van der Waals surface area contributed by atoms with Gasteiger partial charge in [0.2, 0.25) is 0 Å². The van der Waals surface area contributed by atoms with Gasteiger partial charge in [-0.3, -0.25) is 4.79 Å². The SMILES string of the molecule is Cc1cc(/C=C/C(=O)OCC(=O)NCc2ccccc2)c(C)n1C1CC1. The van der Waals surface area contributed by atoms with E-state index in [9.17, 15) is 9.59 Å². The Hall–Kier alpha value is -2.82. The van der Waals surface area contributed by atoms with Crippen LogP contribution in [0.15, 0.2) is 42.5 Å². The number of amides is 1. The van der Waals surface area contributed by atoms with Crippen LogP contribution in [-0.4, -0.2) is 23.1 Å². The molecule has 0 saturated heterocycles. The van der Waals surface area contributed by atoms with E-state index in [0.29, 0.717) is 12.6 Å². The highest BCUT2D eigenvalue weighted by atomic mass is 16.5. The van der Waals surface area contributed by atoms with E-state index < -0.39 is 5.97 Å². The Labute approximate surface area is 153 Å². The van der Waals surface area contributed by atoms with Crippen LogP contribution < -0.4 is 5.32 Å². The maximum atomic E-state index is 11.8. The van der Waals surface area contributed by atoms with Crippen molar-refractivity contribution in [2.45, 2.75) is 39.3 Å². The number of aromatic nitrogens is 1. The van der Waals surface area contributed by atoms with Gasteiger partial charge in [-0.1, -0.05) is 30.3 Å². The number of hydrogen-bond acceptors (Lipinski definition) is 3. The largest absolute Gasteiger partial charge is 0.452 e. The molecule has 1 amide bonds. The Morgan fingerprint density at radius 1 is 1.23 bits per heavy atom. The van der Waals surface area contributed by atoms with E-state index in [1.165, 1.54) is 24.6 Å². The second-order valence-corrected chi connectivity index (χ2v) is 6.63. The third-order valence-corrected chi connectivity index (χ3v) is 4.51. The Kier molecular flexibility index (Phi) is 5.56. The number of esters is 1. The van der Waals surface area contributed by atoms with Gasteiger partial charge < -0.3 is 14.6 Å². The van der Waals surface area contributed by atoms with Crippen molar-refractivity contribution in [3.63, 3.8) is 0 Å². The summed E-state index contributed by atoms with van der Waals surface area (Å²) in [5.41, 5.74) is 4.38. The summed E-state index contributed by atoms with van der Waals surface area (Å²) in [6.45, 7) is 4.28. The topological polar surface area (TPSA) is 60.3 Å². The van der Waals surface area contributed by atoms with Crippen LogP contribution >= 0.6 is 0 Å². The molecule has 1 aromatic heterocycles. The quantitative estimate of drug-likeness (QED) is 0.614. The maximum Gasteiger partial charge on any atom is 0.331 e. The van der Waals surface area contributed by atoms with Gasteiger partial charge in [0, 0.05) is 30.1 Å². The summed E-state index contributed by atoms with van der Waals surface area (Å²) in [5.74, 6) is -0.835. The fourth-order valence-corrected chi connectivity index (χ4v) is 3.06. The molecule has 2 aromatic rings. The molecule has 136 valence electrons. The first-order valence-electron chi connectivity index (χ1n) is 8.88. The normalized spacial score (nSPS) is 13.8. The lowest BCUT2D eigenvalue weighted by Gasteiger charge is -2.06. The lowest BCUT2D eigenvalue weighted by atomic mass is 10.2. The summed E-state index contributed by atoms with van der Waals surface area (Å²) in [6, 6.07) is 12.3. The van der Waals surface area contributed by atoms with E-state index in [0.717, 1.165) is 16.8 Å². The molecule has 1 fully saturated rings. The fraction of sp³-hybridized carbons (Fsp3) is 0.333. The zero-order valence-corrected chi connectivity index (χ0v) is 15.2. The molecule has 1 aliphatic rings. The van der Waals surface area contributed by atoms with Crippen LogP contribution in [0.3, 0.4) is 0 Å². The van der Waals surface area contributed by atoms with Crippen LogP contribution in [0.4, 0.5) is 0 Å². The van der Waals surface area contributed by atoms with Crippen molar-refractivity contribution in [1.82, 2.24) is 9.88 Å². The molecule has 1 N–H and O–H groups in total. The van der Waals surface area contributed by atoms with Gasteiger partial charge in [0.1, 0.15) is 0 Å². The molecule has 5 nitrogen and oxygen atoms in total. The van der Waals surface area contributed by atoms with Crippen molar-refractivity contribution in [2.24, 2.45) is 0 Å². The molecular formula is C21H24N2O3. The van der Waals surface area contributed by atoms with Crippen molar-refractivity contribution in [3.05, 3.63) is 65.0 Å². The molecule has 5 heteroatoms. The second-order valence-electron chi connectivity index (χ2n) is 6.63. The lowest BCUT2D eigenvalue weighted by Crippen LogP contribution is -2.28. The molecule has 26 heavy (non-hydrogen) atoms. The number of aryl methyl sites for hydroxylation is 1. The zero-order valence-electron chi connectivity index (χ0n) is 15.2. The van der Waals surface area contributed by atoms with E-state index in [-0.39, 0.29) is 12.5 Å². The minimum atomic E-state index is -0.518. The molecule has 0 atom stereocenters. The predicted molar refractivity (Wildman–Crippen MR) is 100 cm³/mol. The number of rotatable bonds is 7. The van der Waals surface area contributed by atoms with Crippen LogP contribution in [-0.2, 0) is 20.9 Å². The number of hydrogen-bond donors (Lipinski definition) is 1.